The quantitative estimate of drug-likeness (QED) is 0.252. The van der Waals surface area contributed by atoms with Crippen molar-refractivity contribution in [2.45, 2.75) is 32.2 Å². The highest BCUT2D eigenvalue weighted by molar-refractivity contribution is 5.96. The van der Waals surface area contributed by atoms with E-state index in [1.807, 2.05) is 18.9 Å². The molecule has 0 fully saturated rings. The van der Waals surface area contributed by atoms with Crippen LogP contribution < -0.4 is 22.1 Å². The maximum atomic E-state index is 11.8. The Bertz CT molecular complexity index is 667. The van der Waals surface area contributed by atoms with Crippen LogP contribution in [0.3, 0.4) is 0 Å². The van der Waals surface area contributed by atoms with Gasteiger partial charge in [-0.25, -0.2) is 0 Å². The van der Waals surface area contributed by atoms with Gasteiger partial charge in [0.15, 0.2) is 5.96 Å². The van der Waals surface area contributed by atoms with E-state index in [1.54, 1.807) is 32.2 Å². The summed E-state index contributed by atoms with van der Waals surface area (Å²) in [5, 5.41) is 15.5. The van der Waals surface area contributed by atoms with Gasteiger partial charge in [0.25, 0.3) is 0 Å². The zero-order valence-corrected chi connectivity index (χ0v) is 15.6. The number of hydrogen-bond donors (Lipinski definition) is 5. The summed E-state index contributed by atoms with van der Waals surface area (Å²) in [6.45, 7) is 3.77. The van der Waals surface area contributed by atoms with Crippen molar-refractivity contribution in [1.82, 2.24) is 5.32 Å². The fourth-order valence-corrected chi connectivity index (χ4v) is 2.16. The second-order valence-electron chi connectivity index (χ2n) is 5.43. The maximum absolute atomic E-state index is 11.8. The molecule has 0 aliphatic carbocycles. The smallest absolute Gasteiger partial charge is 0.249 e. The molecule has 1 aromatic rings. The fraction of sp³-hybridized carbons (Fsp3) is 0.333. The Balaban J connectivity index is 0.00000326. The fourth-order valence-electron chi connectivity index (χ4n) is 2.16. The summed E-state index contributed by atoms with van der Waals surface area (Å²) >= 11 is 0. The number of benzene rings is 1. The summed E-state index contributed by atoms with van der Waals surface area (Å²) < 4.78 is 0. The van der Waals surface area contributed by atoms with E-state index in [9.17, 15) is 14.7 Å². The lowest BCUT2D eigenvalue weighted by atomic mass is 10.0. The molecule has 1 atom stereocenters. The lowest BCUT2D eigenvalue weighted by Gasteiger charge is -2.15. The number of anilines is 1. The molecule has 9 heteroatoms. The van der Waals surface area contributed by atoms with Crippen LogP contribution in [0.4, 0.5) is 5.69 Å². The van der Waals surface area contributed by atoms with E-state index < -0.39 is 5.91 Å². The van der Waals surface area contributed by atoms with E-state index >= 15 is 0 Å². The van der Waals surface area contributed by atoms with E-state index in [1.165, 1.54) is 0 Å². The summed E-state index contributed by atoms with van der Waals surface area (Å²) in [5.74, 6) is -0.867. The number of nitrogens with zero attached hydrogens (tertiary/aromatic N) is 1. The molecule has 0 aliphatic heterocycles. The van der Waals surface area contributed by atoms with E-state index in [0.717, 1.165) is 5.56 Å². The highest BCUT2D eigenvalue weighted by Crippen LogP contribution is 2.13. The molecule has 0 saturated heterocycles. The molecule has 0 saturated carbocycles. The summed E-state index contributed by atoms with van der Waals surface area (Å²) in [5.41, 5.74) is 11.8. The molecule has 1 aromatic carbocycles. The Labute approximate surface area is 158 Å². The first-order valence-corrected chi connectivity index (χ1v) is 8.18. The van der Waals surface area contributed by atoms with Gasteiger partial charge < -0.3 is 32.0 Å². The van der Waals surface area contributed by atoms with Gasteiger partial charge in [0, 0.05) is 18.5 Å². The summed E-state index contributed by atoms with van der Waals surface area (Å²) in [4.78, 5) is 34.5. The minimum absolute atomic E-state index is 0.00559. The van der Waals surface area contributed by atoms with Gasteiger partial charge in [-0.05, 0) is 44.2 Å². The number of rotatable bonds is 8. The molecule has 7 N–H and O–H groups in total. The molecule has 9 nitrogen and oxygen atoms in total. The average Bonchev–Trinajstić information content (AvgIpc) is 2.66. The van der Waals surface area contributed by atoms with Gasteiger partial charge in [0.2, 0.25) is 11.8 Å². The number of aliphatic hydroxyl groups is 1. The third-order valence-electron chi connectivity index (χ3n) is 3.50. The van der Waals surface area contributed by atoms with Crippen LogP contribution in [0.25, 0.3) is 0 Å². The Morgan fingerprint density at radius 2 is 1.81 bits per heavy atom. The first-order valence-electron chi connectivity index (χ1n) is 8.18. The largest absolute Gasteiger partial charge is 0.511 e. The van der Waals surface area contributed by atoms with E-state index in [4.69, 9.17) is 16.3 Å². The van der Waals surface area contributed by atoms with Crippen molar-refractivity contribution in [2.75, 3.05) is 12.4 Å². The number of allylic oxidation sites excluding steroid dienone is 1. The molecule has 27 heavy (non-hydrogen) atoms. The van der Waals surface area contributed by atoms with Crippen LogP contribution in [0.2, 0.25) is 0 Å². The van der Waals surface area contributed by atoms with Crippen molar-refractivity contribution < 1.29 is 19.5 Å². The molecule has 0 aliphatic rings. The average molecular weight is 377 g/mol. The molecule has 0 spiro atoms. The van der Waals surface area contributed by atoms with Crippen LogP contribution >= 0.6 is 0 Å². The maximum Gasteiger partial charge on any atom is 0.249 e. The lowest BCUT2D eigenvalue weighted by molar-refractivity contribution is -0.122. The number of guanidine groups is 1. The molecule has 0 bridgehead atoms. The third kappa shape index (κ3) is 9.75. The van der Waals surface area contributed by atoms with Crippen LogP contribution in [-0.4, -0.2) is 42.8 Å². The van der Waals surface area contributed by atoms with E-state index in [2.05, 4.69) is 15.6 Å². The van der Waals surface area contributed by atoms with Gasteiger partial charge in [0.05, 0.1) is 6.04 Å². The molecule has 1 unspecified atom stereocenters. The van der Waals surface area contributed by atoms with E-state index in [-0.39, 0.29) is 36.5 Å². The Kier molecular flexibility index (Phi) is 11.5. The number of likely N-dealkylation sites (N-methyl/N-ethyl adjacent to an activating group) is 1. The number of aliphatic imine (C=N–C) groups is 1. The van der Waals surface area contributed by atoms with Crippen molar-refractivity contribution >= 4 is 30.3 Å². The van der Waals surface area contributed by atoms with Gasteiger partial charge in [0.1, 0.15) is 12.5 Å². The van der Waals surface area contributed by atoms with Crippen molar-refractivity contribution in [3.63, 3.8) is 0 Å². The molecule has 0 aromatic heterocycles. The summed E-state index contributed by atoms with van der Waals surface area (Å²) in [6, 6.07) is 7.11. The van der Waals surface area contributed by atoms with Gasteiger partial charge in [-0.15, -0.1) is 0 Å². The van der Waals surface area contributed by atoms with Gasteiger partial charge in [-0.2, -0.15) is 4.99 Å². The first kappa shape index (κ1) is 23.8. The minimum Gasteiger partial charge on any atom is -0.511 e. The number of carbonyl (C=O) groups is 3. The molecular weight excluding hydrogens is 350 g/mol. The number of amides is 2. The number of nitrogens with two attached hydrogens (primary N) is 2. The molecular formula is C18H27N5O4. The van der Waals surface area contributed by atoms with Gasteiger partial charge in [-0.1, -0.05) is 12.1 Å². The molecule has 148 valence electrons. The van der Waals surface area contributed by atoms with Gasteiger partial charge >= 0.3 is 0 Å². The highest BCUT2D eigenvalue weighted by Gasteiger charge is 2.11. The third-order valence-corrected chi connectivity index (χ3v) is 3.50. The number of aliphatic hydroxyl groups excluding tert-OH is 1. The highest BCUT2D eigenvalue weighted by atomic mass is 16.3. The minimum atomic E-state index is -0.535. The zero-order chi connectivity index (χ0) is 20.8. The van der Waals surface area contributed by atoms with Crippen LogP contribution in [0, 0.1) is 0 Å². The first-order chi connectivity index (χ1) is 12.8. The van der Waals surface area contributed by atoms with Gasteiger partial charge in [-0.3, -0.25) is 9.59 Å². The number of nitrogens with one attached hydrogen (secondary N) is 2. The van der Waals surface area contributed by atoms with Crippen LogP contribution in [0.15, 0.2) is 41.1 Å². The number of carbonyl (C=O) groups excluding carboxylic acids is 3. The standard InChI is InChI=1S/C17H25N5O3.CH2O/c1-3-14(23)13(20-2)10-11-4-6-12(7-5-11)21-15(24)8-9-16(25)22-17(18)19;1-2/h3-7,13,20,23H,8-10H2,1-2H3,(H,21,24)(H4,18,19,22,25);1H2. The Hall–Kier alpha value is -3.20. The predicted molar refractivity (Wildman–Crippen MR) is 105 cm³/mol. The molecule has 0 radical (unpaired) electrons. The zero-order valence-electron chi connectivity index (χ0n) is 15.6. The Morgan fingerprint density at radius 3 is 2.30 bits per heavy atom. The van der Waals surface area contributed by atoms with Crippen molar-refractivity contribution in [1.29, 1.82) is 0 Å². The predicted octanol–water partition coefficient (Wildman–Crippen LogP) is 0.613. The SMILES string of the molecule is C=O.CC=C(O)C(Cc1ccc(NC(=O)CCC(=O)N=C(N)N)cc1)NC. The summed E-state index contributed by atoms with van der Waals surface area (Å²) in [7, 11) is 1.78. The lowest BCUT2D eigenvalue weighted by Crippen LogP contribution is -2.29. The van der Waals surface area contributed by atoms with Crippen molar-refractivity contribution in [3.05, 3.63) is 41.7 Å². The van der Waals surface area contributed by atoms with Crippen molar-refractivity contribution in [3.8, 4) is 0 Å². The Morgan fingerprint density at radius 1 is 1.22 bits per heavy atom. The monoisotopic (exact) mass is 377 g/mol. The van der Waals surface area contributed by atoms with E-state index in [0.29, 0.717) is 12.1 Å². The van der Waals surface area contributed by atoms with Crippen molar-refractivity contribution in [2.24, 2.45) is 16.5 Å². The topological polar surface area (TPSA) is 160 Å². The molecule has 2 amide bonds. The molecule has 1 rings (SSSR count). The second kappa shape index (κ2) is 13.1. The summed E-state index contributed by atoms with van der Waals surface area (Å²) in [6.07, 6.45) is 2.20. The number of hydrogen-bond acceptors (Lipinski definition) is 5. The van der Waals surface area contributed by atoms with Crippen LogP contribution in [-0.2, 0) is 20.8 Å². The second-order valence-corrected chi connectivity index (χ2v) is 5.43. The normalized spacial score (nSPS) is 11.6. The molecule has 0 heterocycles. The van der Waals surface area contributed by atoms with Crippen LogP contribution in [0.5, 0.6) is 0 Å². The van der Waals surface area contributed by atoms with Crippen LogP contribution in [0.1, 0.15) is 25.3 Å².